The standard InChI is InChI=1S/C13H12FN3O4/c1-21-9-4-2-3-8(5-9)15-11(18)7-17-6-10(14)12(19)16-13(17)20/h2-6H,7H2,1H3,(H,15,18)(H,16,19,20). The van der Waals surface area contributed by atoms with Crippen LogP contribution in [0.5, 0.6) is 5.75 Å². The van der Waals surface area contributed by atoms with Gasteiger partial charge in [0.05, 0.1) is 13.3 Å². The van der Waals surface area contributed by atoms with Crippen LogP contribution >= 0.6 is 0 Å². The molecule has 0 saturated heterocycles. The van der Waals surface area contributed by atoms with Gasteiger partial charge in [0.25, 0.3) is 5.56 Å². The lowest BCUT2D eigenvalue weighted by Gasteiger charge is -2.08. The maximum Gasteiger partial charge on any atom is 0.328 e. The van der Waals surface area contributed by atoms with Gasteiger partial charge in [-0.2, -0.15) is 4.39 Å². The van der Waals surface area contributed by atoms with Crippen LogP contribution in [0.2, 0.25) is 0 Å². The molecule has 0 atom stereocenters. The van der Waals surface area contributed by atoms with Crippen LogP contribution in [0.3, 0.4) is 0 Å². The number of carbonyl (C=O) groups is 1. The molecule has 1 amide bonds. The average molecular weight is 293 g/mol. The second kappa shape index (κ2) is 6.04. The number of hydrogen-bond donors (Lipinski definition) is 2. The first-order valence-corrected chi connectivity index (χ1v) is 5.93. The Hall–Kier alpha value is -2.90. The van der Waals surface area contributed by atoms with Gasteiger partial charge in [0.2, 0.25) is 11.7 Å². The van der Waals surface area contributed by atoms with Crippen molar-refractivity contribution in [1.82, 2.24) is 9.55 Å². The highest BCUT2D eigenvalue weighted by Gasteiger charge is 2.09. The number of halogens is 1. The molecule has 8 heteroatoms. The zero-order valence-electron chi connectivity index (χ0n) is 11.1. The highest BCUT2D eigenvalue weighted by atomic mass is 19.1. The number of amides is 1. The van der Waals surface area contributed by atoms with Crippen molar-refractivity contribution >= 4 is 11.6 Å². The number of hydrogen-bond acceptors (Lipinski definition) is 4. The minimum atomic E-state index is -1.14. The minimum Gasteiger partial charge on any atom is -0.497 e. The summed E-state index contributed by atoms with van der Waals surface area (Å²) in [5, 5.41) is 2.53. The normalized spacial score (nSPS) is 10.2. The Balaban J connectivity index is 2.13. The van der Waals surface area contributed by atoms with E-state index in [0.29, 0.717) is 17.6 Å². The zero-order chi connectivity index (χ0) is 15.4. The third-order valence-corrected chi connectivity index (χ3v) is 2.63. The van der Waals surface area contributed by atoms with Crippen molar-refractivity contribution in [3.8, 4) is 5.75 Å². The van der Waals surface area contributed by atoms with Gasteiger partial charge in [0.1, 0.15) is 12.3 Å². The molecule has 2 rings (SSSR count). The first kappa shape index (κ1) is 14.5. The maximum absolute atomic E-state index is 13.1. The summed E-state index contributed by atoms with van der Waals surface area (Å²) in [4.78, 5) is 35.9. The second-order valence-corrected chi connectivity index (χ2v) is 4.14. The van der Waals surface area contributed by atoms with Crippen LogP contribution in [-0.2, 0) is 11.3 Å². The summed E-state index contributed by atoms with van der Waals surface area (Å²) in [6.07, 6.45) is 0.687. The number of anilines is 1. The van der Waals surface area contributed by atoms with Crippen molar-refractivity contribution in [1.29, 1.82) is 0 Å². The van der Waals surface area contributed by atoms with Gasteiger partial charge in [-0.3, -0.25) is 19.1 Å². The molecule has 2 N–H and O–H groups in total. The monoisotopic (exact) mass is 293 g/mol. The molecule has 1 aromatic carbocycles. The van der Waals surface area contributed by atoms with Crippen molar-refractivity contribution in [3.05, 3.63) is 57.1 Å². The first-order chi connectivity index (χ1) is 9.99. The van der Waals surface area contributed by atoms with E-state index in [9.17, 15) is 18.8 Å². The fourth-order valence-electron chi connectivity index (χ4n) is 1.66. The summed E-state index contributed by atoms with van der Waals surface area (Å²) >= 11 is 0. The molecule has 1 aromatic heterocycles. The van der Waals surface area contributed by atoms with Crippen molar-refractivity contribution in [2.75, 3.05) is 12.4 Å². The van der Waals surface area contributed by atoms with Crippen LogP contribution in [0.1, 0.15) is 0 Å². The van der Waals surface area contributed by atoms with Gasteiger partial charge in [-0.05, 0) is 12.1 Å². The van der Waals surface area contributed by atoms with E-state index in [1.54, 1.807) is 29.2 Å². The fourth-order valence-corrected chi connectivity index (χ4v) is 1.66. The largest absolute Gasteiger partial charge is 0.497 e. The molecule has 7 nitrogen and oxygen atoms in total. The number of H-pyrrole nitrogens is 1. The highest BCUT2D eigenvalue weighted by molar-refractivity contribution is 5.90. The lowest BCUT2D eigenvalue weighted by atomic mass is 10.3. The van der Waals surface area contributed by atoms with Crippen LogP contribution in [0.4, 0.5) is 10.1 Å². The van der Waals surface area contributed by atoms with E-state index in [4.69, 9.17) is 4.74 Å². The van der Waals surface area contributed by atoms with E-state index in [0.717, 1.165) is 4.57 Å². The summed E-state index contributed by atoms with van der Waals surface area (Å²) in [6.45, 7) is -0.427. The highest BCUT2D eigenvalue weighted by Crippen LogP contribution is 2.16. The van der Waals surface area contributed by atoms with Crippen LogP contribution < -0.4 is 21.3 Å². The molecule has 0 radical (unpaired) electrons. The molecular weight excluding hydrogens is 281 g/mol. The lowest BCUT2D eigenvalue weighted by Crippen LogP contribution is -2.34. The SMILES string of the molecule is COc1cccc(NC(=O)Cn2cc(F)c(=O)[nH]c2=O)c1. The Morgan fingerprint density at radius 3 is 2.90 bits per heavy atom. The molecule has 110 valence electrons. The van der Waals surface area contributed by atoms with Crippen LogP contribution in [0.15, 0.2) is 40.1 Å². The maximum atomic E-state index is 13.1. The topological polar surface area (TPSA) is 93.2 Å². The third-order valence-electron chi connectivity index (χ3n) is 2.63. The van der Waals surface area contributed by atoms with Crippen LogP contribution in [0, 0.1) is 5.82 Å². The number of nitrogens with one attached hydrogen (secondary N) is 2. The summed E-state index contributed by atoms with van der Waals surface area (Å²) in [5.41, 5.74) is -1.51. The van der Waals surface area contributed by atoms with Gasteiger partial charge >= 0.3 is 5.69 Å². The molecule has 0 aliphatic rings. The Bertz CT molecular complexity index is 781. The summed E-state index contributed by atoms with van der Waals surface area (Å²) in [7, 11) is 1.49. The number of rotatable bonds is 4. The average Bonchev–Trinajstić information content (AvgIpc) is 2.45. The van der Waals surface area contributed by atoms with Gasteiger partial charge < -0.3 is 10.1 Å². The molecule has 2 aromatic rings. The molecule has 0 bridgehead atoms. The fraction of sp³-hybridized carbons (Fsp3) is 0.154. The molecule has 21 heavy (non-hydrogen) atoms. The van der Waals surface area contributed by atoms with E-state index in [1.807, 2.05) is 0 Å². The Kier molecular flexibility index (Phi) is 4.17. The molecule has 1 heterocycles. The van der Waals surface area contributed by atoms with Crippen molar-refractivity contribution in [2.24, 2.45) is 0 Å². The molecule has 0 spiro atoms. The summed E-state index contributed by atoms with van der Waals surface area (Å²) < 4.78 is 18.9. The predicted molar refractivity (Wildman–Crippen MR) is 72.9 cm³/mol. The Morgan fingerprint density at radius 1 is 1.43 bits per heavy atom. The number of carbonyl (C=O) groups excluding carboxylic acids is 1. The zero-order valence-corrected chi connectivity index (χ0v) is 11.1. The van der Waals surface area contributed by atoms with Gasteiger partial charge in [-0.1, -0.05) is 6.07 Å². The second-order valence-electron chi connectivity index (χ2n) is 4.14. The Labute approximate surface area is 118 Å². The van der Waals surface area contributed by atoms with E-state index >= 15 is 0 Å². The van der Waals surface area contributed by atoms with Crippen molar-refractivity contribution in [3.63, 3.8) is 0 Å². The summed E-state index contributed by atoms with van der Waals surface area (Å²) in [6, 6.07) is 6.61. The minimum absolute atomic E-state index is 0.427. The number of nitrogens with zero attached hydrogens (tertiary/aromatic N) is 1. The number of benzene rings is 1. The number of aromatic nitrogens is 2. The molecule has 0 aliphatic heterocycles. The van der Waals surface area contributed by atoms with Gasteiger partial charge in [0, 0.05) is 11.8 Å². The van der Waals surface area contributed by atoms with Crippen molar-refractivity contribution < 1.29 is 13.9 Å². The quantitative estimate of drug-likeness (QED) is 0.849. The number of ether oxygens (including phenoxy) is 1. The predicted octanol–water partition coefficient (Wildman–Crippen LogP) is 0.323. The molecular formula is C13H12FN3O4. The van der Waals surface area contributed by atoms with Gasteiger partial charge in [-0.15, -0.1) is 0 Å². The molecule has 0 fully saturated rings. The van der Waals surface area contributed by atoms with Crippen molar-refractivity contribution in [2.45, 2.75) is 6.54 Å². The van der Waals surface area contributed by atoms with Crippen LogP contribution in [0.25, 0.3) is 0 Å². The summed E-state index contributed by atoms with van der Waals surface area (Å²) in [5.74, 6) is -1.12. The molecule has 0 unspecified atom stereocenters. The third kappa shape index (κ3) is 3.56. The van der Waals surface area contributed by atoms with E-state index in [2.05, 4.69) is 5.32 Å². The van der Waals surface area contributed by atoms with Crippen LogP contribution in [-0.4, -0.2) is 22.6 Å². The molecule has 0 saturated carbocycles. The van der Waals surface area contributed by atoms with Gasteiger partial charge in [-0.25, -0.2) is 4.79 Å². The van der Waals surface area contributed by atoms with E-state index in [1.165, 1.54) is 7.11 Å². The Morgan fingerprint density at radius 2 is 2.19 bits per heavy atom. The lowest BCUT2D eigenvalue weighted by molar-refractivity contribution is -0.116. The molecule has 0 aliphatic carbocycles. The van der Waals surface area contributed by atoms with Gasteiger partial charge in [0.15, 0.2) is 0 Å². The first-order valence-electron chi connectivity index (χ1n) is 5.93. The number of aromatic amines is 1. The smallest absolute Gasteiger partial charge is 0.328 e. The number of methoxy groups -OCH3 is 1. The van der Waals surface area contributed by atoms with E-state index < -0.39 is 29.5 Å². The van der Waals surface area contributed by atoms with E-state index in [-0.39, 0.29) is 0 Å².